The lowest BCUT2D eigenvalue weighted by atomic mass is 10.2. The van der Waals surface area contributed by atoms with Gasteiger partial charge >= 0.3 is 0 Å². The molecule has 2 aromatic carbocycles. The van der Waals surface area contributed by atoms with Crippen LogP contribution in [0.4, 0.5) is 10.1 Å². The van der Waals surface area contributed by atoms with Crippen molar-refractivity contribution in [3.05, 3.63) is 64.4 Å². The summed E-state index contributed by atoms with van der Waals surface area (Å²) < 4.78 is 14.1. The Hall–Kier alpha value is -1.68. The summed E-state index contributed by atoms with van der Waals surface area (Å²) >= 11 is 3.25. The van der Waals surface area contributed by atoms with Crippen LogP contribution in [0.5, 0.6) is 0 Å². The number of amidine groups is 1. The molecule has 0 radical (unpaired) electrons. The minimum atomic E-state index is -0.404. The number of nitrogens with two attached hydrogens (primary N) is 1. The molecular weight excluding hydrogens is 283 g/mol. The molecule has 86 valence electrons. The maximum atomic E-state index is 13.5. The summed E-state index contributed by atoms with van der Waals surface area (Å²) in [5.41, 5.74) is 6.81. The fourth-order valence-corrected chi connectivity index (χ4v) is 1.82. The van der Waals surface area contributed by atoms with E-state index in [0.717, 1.165) is 5.56 Å². The zero-order valence-electron chi connectivity index (χ0n) is 8.90. The standard InChI is InChI=1S/C13H10BrFN2/c14-10-7-4-8-11(15)12(10)17-13(16)9-5-2-1-3-6-9/h1-8H,(H2,16,17). The fraction of sp³-hybridized carbons (Fsp3) is 0. The molecule has 0 aliphatic carbocycles. The van der Waals surface area contributed by atoms with Gasteiger partial charge in [0, 0.05) is 10.0 Å². The highest BCUT2D eigenvalue weighted by atomic mass is 79.9. The predicted octanol–water partition coefficient (Wildman–Crippen LogP) is 3.63. The second-order valence-electron chi connectivity index (χ2n) is 3.43. The van der Waals surface area contributed by atoms with Crippen LogP contribution in [0.1, 0.15) is 5.56 Å². The Balaban J connectivity index is 2.43. The summed E-state index contributed by atoms with van der Waals surface area (Å²) in [5, 5.41) is 0. The van der Waals surface area contributed by atoms with Crippen LogP contribution in [-0.4, -0.2) is 5.84 Å². The third kappa shape index (κ3) is 2.71. The van der Waals surface area contributed by atoms with Crippen molar-refractivity contribution in [2.24, 2.45) is 10.7 Å². The SMILES string of the molecule is NC(=Nc1c(F)cccc1Br)c1ccccc1. The monoisotopic (exact) mass is 292 g/mol. The summed E-state index contributed by atoms with van der Waals surface area (Å²) in [6.45, 7) is 0. The van der Waals surface area contributed by atoms with Crippen LogP contribution in [0.15, 0.2) is 58.0 Å². The van der Waals surface area contributed by atoms with E-state index in [1.807, 2.05) is 30.3 Å². The van der Waals surface area contributed by atoms with Crippen molar-refractivity contribution < 1.29 is 4.39 Å². The summed E-state index contributed by atoms with van der Waals surface area (Å²) in [5.74, 6) is -0.116. The topological polar surface area (TPSA) is 38.4 Å². The summed E-state index contributed by atoms with van der Waals surface area (Å²) in [4.78, 5) is 4.10. The molecule has 2 N–H and O–H groups in total. The number of halogens is 2. The molecule has 4 heteroatoms. The van der Waals surface area contributed by atoms with Gasteiger partial charge in [0.1, 0.15) is 17.3 Å². The molecule has 0 saturated carbocycles. The van der Waals surface area contributed by atoms with Crippen molar-refractivity contribution in [3.8, 4) is 0 Å². The van der Waals surface area contributed by atoms with Crippen molar-refractivity contribution >= 4 is 27.5 Å². The summed E-state index contributed by atoms with van der Waals surface area (Å²) in [6.07, 6.45) is 0. The van der Waals surface area contributed by atoms with Gasteiger partial charge in [0.05, 0.1) is 0 Å². The van der Waals surface area contributed by atoms with Gasteiger partial charge in [0.15, 0.2) is 0 Å². The van der Waals surface area contributed by atoms with Gasteiger partial charge in [0.2, 0.25) is 0 Å². The van der Waals surface area contributed by atoms with Gasteiger partial charge in [0.25, 0.3) is 0 Å². The van der Waals surface area contributed by atoms with Gasteiger partial charge in [-0.15, -0.1) is 0 Å². The van der Waals surface area contributed by atoms with E-state index in [-0.39, 0.29) is 11.5 Å². The largest absolute Gasteiger partial charge is 0.383 e. The van der Waals surface area contributed by atoms with Crippen molar-refractivity contribution in [2.75, 3.05) is 0 Å². The van der Waals surface area contributed by atoms with E-state index in [9.17, 15) is 4.39 Å². The molecule has 0 fully saturated rings. The second kappa shape index (κ2) is 5.10. The van der Waals surface area contributed by atoms with Crippen LogP contribution < -0.4 is 5.73 Å². The average Bonchev–Trinajstić information content (AvgIpc) is 2.35. The Morgan fingerprint density at radius 3 is 2.41 bits per heavy atom. The molecule has 0 unspecified atom stereocenters. The highest BCUT2D eigenvalue weighted by molar-refractivity contribution is 9.10. The van der Waals surface area contributed by atoms with Gasteiger partial charge in [-0.2, -0.15) is 0 Å². The van der Waals surface area contributed by atoms with Crippen LogP contribution in [0.2, 0.25) is 0 Å². The van der Waals surface area contributed by atoms with Crippen LogP contribution >= 0.6 is 15.9 Å². The maximum absolute atomic E-state index is 13.5. The molecule has 2 rings (SSSR count). The van der Waals surface area contributed by atoms with Crippen LogP contribution in [0.3, 0.4) is 0 Å². The van der Waals surface area contributed by atoms with E-state index < -0.39 is 5.82 Å². The molecule has 0 heterocycles. The van der Waals surface area contributed by atoms with Crippen molar-refractivity contribution in [3.63, 3.8) is 0 Å². The number of hydrogen-bond acceptors (Lipinski definition) is 1. The number of aliphatic imine (C=N–C) groups is 1. The van der Waals surface area contributed by atoms with Crippen LogP contribution in [-0.2, 0) is 0 Å². The normalized spacial score (nSPS) is 11.5. The molecule has 2 aromatic rings. The first-order valence-corrected chi connectivity index (χ1v) is 5.81. The molecule has 0 amide bonds. The highest BCUT2D eigenvalue weighted by Gasteiger charge is 2.06. The van der Waals surface area contributed by atoms with Crippen molar-refractivity contribution in [1.82, 2.24) is 0 Å². The molecule has 0 bridgehead atoms. The number of nitrogens with zero attached hydrogens (tertiary/aromatic N) is 1. The van der Waals surface area contributed by atoms with Gasteiger partial charge in [-0.1, -0.05) is 36.4 Å². The Bertz CT molecular complexity index is 532. The zero-order valence-corrected chi connectivity index (χ0v) is 10.5. The Kier molecular flexibility index (Phi) is 3.54. The lowest BCUT2D eigenvalue weighted by Gasteiger charge is -2.03. The smallest absolute Gasteiger partial charge is 0.150 e. The molecule has 0 aliphatic heterocycles. The Labute approximate surface area is 107 Å². The number of benzene rings is 2. The lowest BCUT2D eigenvalue weighted by molar-refractivity contribution is 0.629. The molecule has 0 spiro atoms. The molecule has 0 aromatic heterocycles. The van der Waals surface area contributed by atoms with E-state index in [1.54, 1.807) is 12.1 Å². The molecule has 17 heavy (non-hydrogen) atoms. The fourth-order valence-electron chi connectivity index (χ4n) is 1.39. The second-order valence-corrected chi connectivity index (χ2v) is 4.29. The van der Waals surface area contributed by atoms with E-state index in [1.165, 1.54) is 6.07 Å². The van der Waals surface area contributed by atoms with E-state index in [4.69, 9.17) is 5.73 Å². The van der Waals surface area contributed by atoms with E-state index >= 15 is 0 Å². The zero-order chi connectivity index (χ0) is 12.3. The van der Waals surface area contributed by atoms with Crippen molar-refractivity contribution in [2.45, 2.75) is 0 Å². The first-order chi connectivity index (χ1) is 8.18. The third-order valence-electron chi connectivity index (χ3n) is 2.24. The minimum absolute atomic E-state index is 0.217. The first-order valence-electron chi connectivity index (χ1n) is 5.02. The van der Waals surface area contributed by atoms with Crippen LogP contribution in [0.25, 0.3) is 0 Å². The number of rotatable bonds is 2. The molecule has 0 aliphatic rings. The van der Waals surface area contributed by atoms with Crippen LogP contribution in [0, 0.1) is 5.82 Å². The summed E-state index contributed by atoms with van der Waals surface area (Å²) in [7, 11) is 0. The quantitative estimate of drug-likeness (QED) is 0.666. The number of hydrogen-bond donors (Lipinski definition) is 1. The van der Waals surface area contributed by atoms with E-state index in [2.05, 4.69) is 20.9 Å². The highest BCUT2D eigenvalue weighted by Crippen LogP contribution is 2.28. The Morgan fingerprint density at radius 1 is 1.06 bits per heavy atom. The summed E-state index contributed by atoms with van der Waals surface area (Å²) in [6, 6.07) is 13.9. The van der Waals surface area contributed by atoms with Gasteiger partial charge in [-0.05, 0) is 28.1 Å². The predicted molar refractivity (Wildman–Crippen MR) is 70.9 cm³/mol. The van der Waals surface area contributed by atoms with Gasteiger partial charge in [-0.3, -0.25) is 0 Å². The molecule has 0 saturated heterocycles. The minimum Gasteiger partial charge on any atom is -0.383 e. The first kappa shape index (κ1) is 11.8. The lowest BCUT2D eigenvalue weighted by Crippen LogP contribution is -2.12. The maximum Gasteiger partial charge on any atom is 0.150 e. The van der Waals surface area contributed by atoms with Gasteiger partial charge in [-0.25, -0.2) is 9.38 Å². The number of para-hydroxylation sites is 1. The van der Waals surface area contributed by atoms with Crippen molar-refractivity contribution in [1.29, 1.82) is 0 Å². The average molecular weight is 293 g/mol. The Morgan fingerprint density at radius 2 is 1.76 bits per heavy atom. The molecule has 0 atom stereocenters. The molecule has 2 nitrogen and oxygen atoms in total. The third-order valence-corrected chi connectivity index (χ3v) is 2.88. The van der Waals surface area contributed by atoms with Gasteiger partial charge < -0.3 is 5.73 Å². The molecular formula is C13H10BrFN2. The van der Waals surface area contributed by atoms with E-state index in [0.29, 0.717) is 4.47 Å².